The maximum Gasteiger partial charge on any atom is 0.0921 e. The van der Waals surface area contributed by atoms with Gasteiger partial charge in [-0.3, -0.25) is 0 Å². The molecule has 1 aromatic carbocycles. The lowest BCUT2D eigenvalue weighted by Crippen LogP contribution is -2.35. The molecular formula is C17H23N3. The molecule has 0 amide bonds. The van der Waals surface area contributed by atoms with Crippen LogP contribution in [0.1, 0.15) is 36.4 Å². The molecule has 0 aliphatic carbocycles. The Kier molecular flexibility index (Phi) is 4.49. The number of imidazole rings is 1. The van der Waals surface area contributed by atoms with Crippen LogP contribution >= 0.6 is 0 Å². The van der Waals surface area contributed by atoms with Crippen molar-refractivity contribution in [2.24, 2.45) is 5.92 Å². The van der Waals surface area contributed by atoms with E-state index in [1.54, 1.807) is 6.33 Å². The summed E-state index contributed by atoms with van der Waals surface area (Å²) < 4.78 is 0. The lowest BCUT2D eigenvalue weighted by atomic mass is 9.81. The van der Waals surface area contributed by atoms with Gasteiger partial charge in [-0.1, -0.05) is 30.3 Å². The minimum absolute atomic E-state index is 0.599. The Balaban J connectivity index is 1.55. The van der Waals surface area contributed by atoms with Crippen molar-refractivity contribution in [2.45, 2.75) is 31.6 Å². The normalized spacial score (nSPS) is 22.8. The molecule has 0 radical (unpaired) electrons. The summed E-state index contributed by atoms with van der Waals surface area (Å²) in [5.74, 6) is 1.38. The Bertz CT molecular complexity index is 492. The molecule has 0 spiro atoms. The highest BCUT2D eigenvalue weighted by molar-refractivity contribution is 5.14. The second kappa shape index (κ2) is 6.71. The Hall–Kier alpha value is -1.61. The van der Waals surface area contributed by atoms with Crippen LogP contribution in [0.3, 0.4) is 0 Å². The van der Waals surface area contributed by atoms with Crippen LogP contribution in [0.5, 0.6) is 0 Å². The molecule has 2 heterocycles. The summed E-state index contributed by atoms with van der Waals surface area (Å²) in [6.45, 7) is 2.23. The number of hydrogen-bond donors (Lipinski definition) is 2. The first kappa shape index (κ1) is 13.4. The van der Waals surface area contributed by atoms with E-state index in [0.29, 0.717) is 5.92 Å². The van der Waals surface area contributed by atoms with Gasteiger partial charge in [0.2, 0.25) is 0 Å². The molecule has 3 rings (SSSR count). The third-order valence-corrected chi connectivity index (χ3v) is 4.43. The van der Waals surface area contributed by atoms with Gasteiger partial charge in [-0.05, 0) is 43.7 Å². The van der Waals surface area contributed by atoms with Crippen molar-refractivity contribution in [3.05, 3.63) is 54.1 Å². The third-order valence-electron chi connectivity index (χ3n) is 4.43. The van der Waals surface area contributed by atoms with E-state index in [2.05, 4.69) is 45.6 Å². The van der Waals surface area contributed by atoms with Gasteiger partial charge in [-0.15, -0.1) is 0 Å². The Morgan fingerprint density at radius 2 is 2.10 bits per heavy atom. The first-order chi connectivity index (χ1) is 9.93. The fourth-order valence-electron chi connectivity index (χ4n) is 3.30. The van der Waals surface area contributed by atoms with Gasteiger partial charge < -0.3 is 10.3 Å². The third kappa shape index (κ3) is 3.28. The molecule has 1 aromatic heterocycles. The maximum atomic E-state index is 4.18. The summed E-state index contributed by atoms with van der Waals surface area (Å²) in [6.07, 6.45) is 8.84. The van der Waals surface area contributed by atoms with Crippen LogP contribution in [0, 0.1) is 5.92 Å². The summed E-state index contributed by atoms with van der Waals surface area (Å²) in [7, 11) is 0. The summed E-state index contributed by atoms with van der Waals surface area (Å²) >= 11 is 0. The van der Waals surface area contributed by atoms with Gasteiger partial charge in [0.05, 0.1) is 6.33 Å². The number of hydrogen-bond acceptors (Lipinski definition) is 2. The molecule has 1 fully saturated rings. The molecular weight excluding hydrogens is 246 g/mol. The van der Waals surface area contributed by atoms with Crippen molar-refractivity contribution in [3.8, 4) is 0 Å². The summed E-state index contributed by atoms with van der Waals surface area (Å²) in [4.78, 5) is 7.47. The molecule has 1 aliphatic rings. The van der Waals surface area contributed by atoms with Gasteiger partial charge in [0.15, 0.2) is 0 Å². The lowest BCUT2D eigenvalue weighted by molar-refractivity contribution is 0.297. The molecule has 2 unspecified atom stereocenters. The monoisotopic (exact) mass is 269 g/mol. The van der Waals surface area contributed by atoms with Crippen LogP contribution in [0.2, 0.25) is 0 Å². The molecule has 3 heteroatoms. The number of aromatic amines is 1. The second-order valence-corrected chi connectivity index (χ2v) is 5.74. The zero-order chi connectivity index (χ0) is 13.6. The number of nitrogens with zero attached hydrogens (tertiary/aromatic N) is 1. The van der Waals surface area contributed by atoms with Crippen LogP contribution in [0.4, 0.5) is 0 Å². The number of aromatic nitrogens is 2. The average molecular weight is 269 g/mol. The summed E-state index contributed by atoms with van der Waals surface area (Å²) in [6, 6.07) is 10.8. The molecule has 2 aromatic rings. The fourth-order valence-corrected chi connectivity index (χ4v) is 3.30. The number of benzene rings is 1. The Morgan fingerprint density at radius 1 is 1.20 bits per heavy atom. The van der Waals surface area contributed by atoms with Crippen molar-refractivity contribution in [1.82, 2.24) is 15.3 Å². The SMILES string of the molecule is c1ccc(CCCC2CCNCC2c2cnc[nH]2)cc1. The summed E-state index contributed by atoms with van der Waals surface area (Å²) in [5.41, 5.74) is 2.75. The van der Waals surface area contributed by atoms with Gasteiger partial charge in [0.25, 0.3) is 0 Å². The van der Waals surface area contributed by atoms with E-state index in [-0.39, 0.29) is 0 Å². The van der Waals surface area contributed by atoms with Crippen LogP contribution in [-0.2, 0) is 6.42 Å². The first-order valence-electron chi connectivity index (χ1n) is 7.66. The van der Waals surface area contributed by atoms with Gasteiger partial charge in [-0.2, -0.15) is 0 Å². The standard InChI is InChI=1S/C17H23N3/c1-2-5-14(6-3-1)7-4-8-15-9-10-18-11-16(15)17-12-19-13-20-17/h1-3,5-6,12-13,15-16,18H,4,7-11H2,(H,19,20). The molecule has 0 saturated carbocycles. The van der Waals surface area contributed by atoms with Crippen LogP contribution in [0.25, 0.3) is 0 Å². The molecule has 0 bridgehead atoms. The van der Waals surface area contributed by atoms with E-state index in [4.69, 9.17) is 0 Å². The Morgan fingerprint density at radius 3 is 2.90 bits per heavy atom. The molecule has 3 nitrogen and oxygen atoms in total. The van der Waals surface area contributed by atoms with Crippen LogP contribution < -0.4 is 5.32 Å². The van der Waals surface area contributed by atoms with E-state index >= 15 is 0 Å². The number of piperidine rings is 1. The fraction of sp³-hybridized carbons (Fsp3) is 0.471. The molecule has 106 valence electrons. The topological polar surface area (TPSA) is 40.7 Å². The van der Waals surface area contributed by atoms with Crippen molar-refractivity contribution in [3.63, 3.8) is 0 Å². The predicted octanol–water partition coefficient (Wildman–Crippen LogP) is 3.13. The highest BCUT2D eigenvalue weighted by Crippen LogP contribution is 2.31. The first-order valence-corrected chi connectivity index (χ1v) is 7.66. The van der Waals surface area contributed by atoms with Gasteiger partial charge in [0, 0.05) is 24.4 Å². The van der Waals surface area contributed by atoms with E-state index in [0.717, 1.165) is 19.0 Å². The predicted molar refractivity (Wildman–Crippen MR) is 81.7 cm³/mol. The molecule has 20 heavy (non-hydrogen) atoms. The van der Waals surface area contributed by atoms with Crippen molar-refractivity contribution < 1.29 is 0 Å². The number of H-pyrrole nitrogens is 1. The summed E-state index contributed by atoms with van der Waals surface area (Å²) in [5, 5.41) is 3.51. The van der Waals surface area contributed by atoms with Gasteiger partial charge in [-0.25, -0.2) is 4.98 Å². The largest absolute Gasteiger partial charge is 0.348 e. The minimum Gasteiger partial charge on any atom is -0.348 e. The zero-order valence-corrected chi connectivity index (χ0v) is 11.9. The average Bonchev–Trinajstić information content (AvgIpc) is 3.03. The molecule has 1 aliphatic heterocycles. The molecule has 1 saturated heterocycles. The lowest BCUT2D eigenvalue weighted by Gasteiger charge is -2.31. The van der Waals surface area contributed by atoms with Gasteiger partial charge >= 0.3 is 0 Å². The van der Waals surface area contributed by atoms with Crippen molar-refractivity contribution in [2.75, 3.05) is 13.1 Å². The highest BCUT2D eigenvalue weighted by atomic mass is 14.9. The smallest absolute Gasteiger partial charge is 0.0921 e. The van der Waals surface area contributed by atoms with Crippen LogP contribution in [0.15, 0.2) is 42.9 Å². The highest BCUT2D eigenvalue weighted by Gasteiger charge is 2.26. The number of nitrogens with one attached hydrogen (secondary N) is 2. The zero-order valence-electron chi connectivity index (χ0n) is 11.9. The molecule has 2 atom stereocenters. The second-order valence-electron chi connectivity index (χ2n) is 5.74. The number of rotatable bonds is 5. The Labute approximate surface area is 120 Å². The van der Waals surface area contributed by atoms with E-state index in [9.17, 15) is 0 Å². The van der Waals surface area contributed by atoms with Crippen molar-refractivity contribution >= 4 is 0 Å². The minimum atomic E-state index is 0.599. The van der Waals surface area contributed by atoms with Gasteiger partial charge in [0.1, 0.15) is 0 Å². The number of aryl methyl sites for hydroxylation is 1. The van der Waals surface area contributed by atoms with E-state index < -0.39 is 0 Å². The van der Waals surface area contributed by atoms with Crippen molar-refractivity contribution in [1.29, 1.82) is 0 Å². The van der Waals surface area contributed by atoms with E-state index in [1.165, 1.54) is 36.9 Å². The molecule has 2 N–H and O–H groups in total. The van der Waals surface area contributed by atoms with E-state index in [1.807, 2.05) is 6.20 Å². The quantitative estimate of drug-likeness (QED) is 0.875. The maximum absolute atomic E-state index is 4.18. The van der Waals surface area contributed by atoms with Crippen LogP contribution in [-0.4, -0.2) is 23.1 Å².